The van der Waals surface area contributed by atoms with Crippen molar-refractivity contribution >= 4 is 12.4 Å². The Hall–Kier alpha value is -0.790. The van der Waals surface area contributed by atoms with Crippen LogP contribution in [0.15, 0.2) is 9.98 Å². The minimum absolute atomic E-state index is 1.02. The van der Waals surface area contributed by atoms with Crippen molar-refractivity contribution in [3.05, 3.63) is 6.17 Å². The van der Waals surface area contributed by atoms with Crippen molar-refractivity contribution in [2.75, 3.05) is 0 Å². The van der Waals surface area contributed by atoms with Gasteiger partial charge in [-0.1, -0.05) is 100 Å². The van der Waals surface area contributed by atoms with E-state index in [2.05, 4.69) is 16.9 Å². The molecule has 0 bridgehead atoms. The SMILES string of the molecule is CCCCCCCCCCCCCCCC[C+]1N=CC=N1. The van der Waals surface area contributed by atoms with E-state index in [0.717, 1.165) is 12.6 Å². The molecule has 0 amide bonds. The maximum atomic E-state index is 4.20. The van der Waals surface area contributed by atoms with Crippen molar-refractivity contribution < 1.29 is 0 Å². The van der Waals surface area contributed by atoms with Gasteiger partial charge in [-0.2, -0.15) is 0 Å². The number of nitrogens with zero attached hydrogens (tertiary/aromatic N) is 2. The van der Waals surface area contributed by atoms with E-state index in [0.29, 0.717) is 0 Å². The van der Waals surface area contributed by atoms with Crippen LogP contribution in [-0.4, -0.2) is 12.4 Å². The molecule has 2 nitrogen and oxygen atoms in total. The number of rotatable bonds is 15. The van der Waals surface area contributed by atoms with Gasteiger partial charge in [-0.25, -0.2) is 0 Å². The van der Waals surface area contributed by atoms with Gasteiger partial charge in [0.1, 0.15) is 0 Å². The molecule has 0 aromatic rings. The van der Waals surface area contributed by atoms with E-state index in [9.17, 15) is 0 Å². The van der Waals surface area contributed by atoms with Crippen molar-refractivity contribution in [1.82, 2.24) is 0 Å². The Kier molecular flexibility index (Phi) is 12.3. The highest BCUT2D eigenvalue weighted by atomic mass is 15.0. The Bertz CT molecular complexity index is 259. The van der Waals surface area contributed by atoms with Crippen molar-refractivity contribution in [1.29, 1.82) is 0 Å². The second kappa shape index (κ2) is 14.2. The largest absolute Gasteiger partial charge is 0.240 e. The van der Waals surface area contributed by atoms with Gasteiger partial charge in [0.2, 0.25) is 6.17 Å². The van der Waals surface area contributed by atoms with Gasteiger partial charge in [-0.3, -0.25) is 0 Å². The summed E-state index contributed by atoms with van der Waals surface area (Å²) in [5, 5.41) is 0. The van der Waals surface area contributed by atoms with Crippen LogP contribution in [0.4, 0.5) is 0 Å². The molecule has 0 saturated heterocycles. The van der Waals surface area contributed by atoms with Crippen molar-refractivity contribution in [3.8, 4) is 0 Å². The van der Waals surface area contributed by atoms with Gasteiger partial charge in [0.25, 0.3) is 0 Å². The maximum absolute atomic E-state index is 4.20. The van der Waals surface area contributed by atoms with Gasteiger partial charge in [-0.15, -0.1) is 0 Å². The molecule has 120 valence electrons. The van der Waals surface area contributed by atoms with Gasteiger partial charge in [0.15, 0.2) is 12.4 Å². The fourth-order valence-corrected chi connectivity index (χ4v) is 2.88. The van der Waals surface area contributed by atoms with Crippen molar-refractivity contribution in [2.45, 2.75) is 103 Å². The molecule has 2 heteroatoms. The molecule has 21 heavy (non-hydrogen) atoms. The fourth-order valence-electron chi connectivity index (χ4n) is 2.88. The summed E-state index contributed by atoms with van der Waals surface area (Å²) in [6.45, 7) is 2.29. The normalized spacial score (nSPS) is 13.5. The molecule has 0 N–H and O–H groups in total. The summed E-state index contributed by atoms with van der Waals surface area (Å²) in [5.74, 6) is 0. The lowest BCUT2D eigenvalue weighted by molar-refractivity contribution is 0.533. The molecular weight excluding hydrogens is 256 g/mol. The van der Waals surface area contributed by atoms with Crippen LogP contribution in [0.3, 0.4) is 0 Å². The first-order valence-corrected chi connectivity index (χ1v) is 9.36. The summed E-state index contributed by atoms with van der Waals surface area (Å²) in [6.07, 6.45) is 25.5. The highest BCUT2D eigenvalue weighted by Gasteiger charge is 2.14. The Morgan fingerprint density at radius 3 is 1.38 bits per heavy atom. The van der Waals surface area contributed by atoms with Crippen LogP contribution in [0.1, 0.15) is 103 Å². The summed E-state index contributed by atoms with van der Waals surface area (Å²) in [7, 11) is 0. The number of aliphatic imine (C=N–C) groups is 2. The standard InChI is InChI=1S/C19H35N2/c1-2-3-4-5-6-7-8-9-10-11-12-13-14-15-16-19-20-17-18-21-19/h17-18H,2-16H2,1H3/q+1. The molecule has 0 atom stereocenters. The Labute approximate surface area is 132 Å². The molecule has 0 radical (unpaired) electrons. The lowest BCUT2D eigenvalue weighted by Gasteiger charge is -2.03. The molecule has 0 aromatic carbocycles. The fraction of sp³-hybridized carbons (Fsp3) is 0.842. The molecule has 0 fully saturated rings. The zero-order chi connectivity index (χ0) is 15.0. The van der Waals surface area contributed by atoms with Crippen molar-refractivity contribution in [3.63, 3.8) is 0 Å². The van der Waals surface area contributed by atoms with Crippen LogP contribution in [0.5, 0.6) is 0 Å². The third kappa shape index (κ3) is 11.5. The van der Waals surface area contributed by atoms with E-state index in [-0.39, 0.29) is 0 Å². The van der Waals surface area contributed by atoms with Gasteiger partial charge in [-0.05, 0) is 6.42 Å². The highest BCUT2D eigenvalue weighted by molar-refractivity contribution is 6.18. The van der Waals surface area contributed by atoms with E-state index in [1.54, 1.807) is 12.4 Å². The van der Waals surface area contributed by atoms with Gasteiger partial charge < -0.3 is 0 Å². The summed E-state index contributed by atoms with van der Waals surface area (Å²) in [5.41, 5.74) is 0. The average Bonchev–Trinajstić information content (AvgIpc) is 3.01. The minimum Gasteiger partial charge on any atom is -0.0968 e. The second-order valence-corrected chi connectivity index (χ2v) is 6.32. The lowest BCUT2D eigenvalue weighted by atomic mass is 10.0. The lowest BCUT2D eigenvalue weighted by Crippen LogP contribution is -1.87. The van der Waals surface area contributed by atoms with Crippen LogP contribution in [0.2, 0.25) is 0 Å². The number of unbranched alkanes of at least 4 members (excludes halogenated alkanes) is 13. The molecule has 1 heterocycles. The molecule has 0 aromatic heterocycles. The smallest absolute Gasteiger partial charge is 0.0968 e. The van der Waals surface area contributed by atoms with Gasteiger partial charge in [0.05, 0.1) is 6.42 Å². The molecule has 0 spiro atoms. The first kappa shape index (κ1) is 18.3. The third-order valence-corrected chi connectivity index (χ3v) is 4.27. The monoisotopic (exact) mass is 291 g/mol. The molecule has 0 saturated carbocycles. The Morgan fingerprint density at radius 1 is 0.571 bits per heavy atom. The van der Waals surface area contributed by atoms with Gasteiger partial charge in [0, 0.05) is 0 Å². The summed E-state index contributed by atoms with van der Waals surface area (Å²) in [4.78, 5) is 8.41. The first-order chi connectivity index (χ1) is 10.4. The predicted octanol–water partition coefficient (Wildman–Crippen LogP) is 6.50. The van der Waals surface area contributed by atoms with Crippen LogP contribution in [0, 0.1) is 6.17 Å². The topological polar surface area (TPSA) is 24.7 Å². The van der Waals surface area contributed by atoms with Gasteiger partial charge >= 0.3 is 0 Å². The van der Waals surface area contributed by atoms with E-state index < -0.39 is 0 Å². The average molecular weight is 292 g/mol. The molecule has 1 aliphatic rings. The maximum Gasteiger partial charge on any atom is 0.240 e. The first-order valence-electron chi connectivity index (χ1n) is 9.36. The number of hydrogen-bond acceptors (Lipinski definition) is 2. The highest BCUT2D eigenvalue weighted by Crippen LogP contribution is 2.18. The van der Waals surface area contributed by atoms with Crippen LogP contribution < -0.4 is 0 Å². The quantitative estimate of drug-likeness (QED) is 0.243. The van der Waals surface area contributed by atoms with Crippen LogP contribution in [-0.2, 0) is 0 Å². The molecule has 1 rings (SSSR count). The van der Waals surface area contributed by atoms with E-state index >= 15 is 0 Å². The molecular formula is C19H35N2+. The van der Waals surface area contributed by atoms with Crippen molar-refractivity contribution in [2.24, 2.45) is 9.98 Å². The van der Waals surface area contributed by atoms with Crippen LogP contribution >= 0.6 is 0 Å². The van der Waals surface area contributed by atoms with E-state index in [4.69, 9.17) is 0 Å². The number of hydrogen-bond donors (Lipinski definition) is 0. The Balaban J connectivity index is 1.67. The minimum atomic E-state index is 1.02. The molecule has 0 unspecified atom stereocenters. The predicted molar refractivity (Wildman–Crippen MR) is 95.2 cm³/mol. The molecule has 1 aliphatic heterocycles. The van der Waals surface area contributed by atoms with E-state index in [1.807, 2.05) is 0 Å². The zero-order valence-corrected chi connectivity index (χ0v) is 14.2. The molecule has 0 aliphatic carbocycles. The van der Waals surface area contributed by atoms with Crippen LogP contribution in [0.25, 0.3) is 0 Å². The zero-order valence-electron chi connectivity index (χ0n) is 14.2. The summed E-state index contributed by atoms with van der Waals surface area (Å²) < 4.78 is 0. The third-order valence-electron chi connectivity index (χ3n) is 4.27. The summed E-state index contributed by atoms with van der Waals surface area (Å²) >= 11 is 0. The Morgan fingerprint density at radius 2 is 0.952 bits per heavy atom. The summed E-state index contributed by atoms with van der Waals surface area (Å²) in [6, 6.07) is 0. The van der Waals surface area contributed by atoms with E-state index in [1.165, 1.54) is 89.9 Å². The second-order valence-electron chi connectivity index (χ2n) is 6.32.